The fourth-order valence-corrected chi connectivity index (χ4v) is 7.21. The molecule has 0 rings (SSSR count). The molecule has 0 saturated heterocycles. The molecular weight excluding hydrogens is 743 g/mol. The Kier molecular flexibility index (Phi) is 45.2. The van der Waals surface area contributed by atoms with Crippen molar-refractivity contribution in [2.75, 3.05) is 6.61 Å². The first-order chi connectivity index (χ1) is 29.5. The number of rotatable bonds is 44. The molecule has 0 spiro atoms. The first kappa shape index (κ1) is 57.3. The van der Waals surface area contributed by atoms with Crippen molar-refractivity contribution in [3.63, 3.8) is 0 Å². The Labute approximate surface area is 371 Å². The molecule has 6 heteroatoms. The van der Waals surface area contributed by atoms with Gasteiger partial charge in [0.05, 0.1) is 25.2 Å². The predicted molar refractivity (Wildman–Crippen MR) is 259 cm³/mol. The highest BCUT2D eigenvalue weighted by molar-refractivity contribution is 5.78. The van der Waals surface area contributed by atoms with Crippen LogP contribution in [-0.2, 0) is 14.3 Å². The van der Waals surface area contributed by atoms with E-state index in [2.05, 4.69) is 86.8 Å². The van der Waals surface area contributed by atoms with Gasteiger partial charge < -0.3 is 20.3 Å². The number of carbonyl (C=O) groups is 2. The number of allylic oxidation sites excluding steroid dienone is 11. The van der Waals surface area contributed by atoms with Gasteiger partial charge in [0.1, 0.15) is 6.10 Å². The second kappa shape index (κ2) is 47.4. The number of aliphatic hydroxyl groups is 2. The van der Waals surface area contributed by atoms with Crippen molar-refractivity contribution in [3.05, 3.63) is 72.9 Å². The van der Waals surface area contributed by atoms with E-state index in [1.54, 1.807) is 6.08 Å². The Morgan fingerprint density at radius 1 is 0.517 bits per heavy atom. The van der Waals surface area contributed by atoms with E-state index in [-0.39, 0.29) is 24.9 Å². The zero-order valence-corrected chi connectivity index (χ0v) is 39.3. The van der Waals surface area contributed by atoms with Crippen LogP contribution in [0.15, 0.2) is 72.9 Å². The zero-order valence-electron chi connectivity index (χ0n) is 39.3. The van der Waals surface area contributed by atoms with Crippen LogP contribution in [-0.4, -0.2) is 46.9 Å². The van der Waals surface area contributed by atoms with E-state index in [0.29, 0.717) is 19.3 Å². The molecule has 0 aliphatic heterocycles. The topological polar surface area (TPSA) is 95.9 Å². The molecule has 0 saturated carbocycles. The van der Waals surface area contributed by atoms with Crippen LogP contribution in [0, 0.1) is 0 Å². The SMILES string of the molecule is CC/C=C/C/C=C/C/C=C/C/C=C/C/C=C/C(CC(=O)NC(CO)C(O)CCCCCCCCCCCCCCC)OC(=O)CCCCC/C=C\CCCCCCCCC. The van der Waals surface area contributed by atoms with Crippen LogP contribution >= 0.6 is 0 Å². The Balaban J connectivity index is 4.76. The van der Waals surface area contributed by atoms with Gasteiger partial charge in [0.2, 0.25) is 5.91 Å². The van der Waals surface area contributed by atoms with E-state index in [4.69, 9.17) is 4.74 Å². The molecule has 0 aromatic carbocycles. The van der Waals surface area contributed by atoms with Gasteiger partial charge >= 0.3 is 5.97 Å². The molecular formula is C54H95NO5. The van der Waals surface area contributed by atoms with Gasteiger partial charge in [-0.2, -0.15) is 0 Å². The van der Waals surface area contributed by atoms with E-state index in [1.165, 1.54) is 109 Å². The maximum Gasteiger partial charge on any atom is 0.306 e. The molecule has 0 heterocycles. The molecule has 6 nitrogen and oxygen atoms in total. The van der Waals surface area contributed by atoms with Crippen LogP contribution in [0.5, 0.6) is 0 Å². The summed E-state index contributed by atoms with van der Waals surface area (Å²) in [6.07, 6.45) is 59.9. The fraction of sp³-hybridized carbons (Fsp3) is 0.741. The molecule has 1 amide bonds. The van der Waals surface area contributed by atoms with E-state index < -0.39 is 18.2 Å². The fourth-order valence-electron chi connectivity index (χ4n) is 7.21. The van der Waals surface area contributed by atoms with Crippen LogP contribution in [0.4, 0.5) is 0 Å². The number of carbonyl (C=O) groups excluding carboxylic acids is 2. The number of nitrogens with one attached hydrogen (secondary N) is 1. The molecule has 3 atom stereocenters. The number of hydrogen-bond donors (Lipinski definition) is 3. The molecule has 0 aliphatic rings. The van der Waals surface area contributed by atoms with Gasteiger partial charge in [-0.25, -0.2) is 0 Å². The van der Waals surface area contributed by atoms with Crippen LogP contribution in [0.2, 0.25) is 0 Å². The minimum absolute atomic E-state index is 0.0536. The molecule has 0 fully saturated rings. The summed E-state index contributed by atoms with van der Waals surface area (Å²) in [4.78, 5) is 26.0. The lowest BCUT2D eigenvalue weighted by atomic mass is 10.0. The second-order valence-electron chi connectivity index (χ2n) is 16.8. The Bertz CT molecular complexity index is 1120. The zero-order chi connectivity index (χ0) is 43.8. The molecule has 0 radical (unpaired) electrons. The smallest absolute Gasteiger partial charge is 0.306 e. The summed E-state index contributed by atoms with van der Waals surface area (Å²) in [7, 11) is 0. The standard InChI is InChI=1S/C54H95NO5/c1-4-7-10-13-16-19-22-25-28-30-33-36-39-42-45-50(60-54(59)47-44-41-38-35-32-29-26-23-20-17-14-11-8-5-2)48-53(58)55-51(49-56)52(57)46-43-40-37-34-31-27-24-21-18-15-12-9-6-3/h7,10,16,19,25,28-29,32-33,36,42,45,50-52,56-57H,4-6,8-9,11-15,17-18,20-24,26-27,30-31,34-35,37-41,43-44,46-49H2,1-3H3,(H,55,58)/b10-7+,19-16+,28-25+,32-29-,36-33+,45-42+. The van der Waals surface area contributed by atoms with Gasteiger partial charge in [-0.1, -0.05) is 216 Å². The number of aliphatic hydroxyl groups excluding tert-OH is 2. The lowest BCUT2D eigenvalue weighted by Crippen LogP contribution is -2.46. The highest BCUT2D eigenvalue weighted by Gasteiger charge is 2.23. The van der Waals surface area contributed by atoms with Crippen LogP contribution in [0.25, 0.3) is 0 Å². The molecule has 3 unspecified atom stereocenters. The highest BCUT2D eigenvalue weighted by Crippen LogP contribution is 2.15. The normalized spacial score (nSPS) is 13.9. The molecule has 346 valence electrons. The summed E-state index contributed by atoms with van der Waals surface area (Å²) >= 11 is 0. The quantitative estimate of drug-likeness (QED) is 0.0323. The van der Waals surface area contributed by atoms with Crippen LogP contribution < -0.4 is 5.32 Å². The number of hydrogen-bond acceptors (Lipinski definition) is 5. The van der Waals surface area contributed by atoms with E-state index >= 15 is 0 Å². The number of esters is 1. The lowest BCUT2D eigenvalue weighted by Gasteiger charge is -2.23. The van der Waals surface area contributed by atoms with Gasteiger partial charge in [-0.3, -0.25) is 9.59 Å². The van der Waals surface area contributed by atoms with Crippen LogP contribution in [0.3, 0.4) is 0 Å². The van der Waals surface area contributed by atoms with Gasteiger partial charge in [-0.15, -0.1) is 0 Å². The summed E-state index contributed by atoms with van der Waals surface area (Å²) in [6.45, 7) is 6.32. The van der Waals surface area contributed by atoms with Gasteiger partial charge in [-0.05, 0) is 76.7 Å². The third-order valence-corrected chi connectivity index (χ3v) is 11.0. The van der Waals surface area contributed by atoms with Crippen molar-refractivity contribution >= 4 is 11.9 Å². The number of amides is 1. The van der Waals surface area contributed by atoms with Crippen molar-refractivity contribution < 1.29 is 24.5 Å². The largest absolute Gasteiger partial charge is 0.458 e. The molecule has 0 aromatic heterocycles. The van der Waals surface area contributed by atoms with E-state index in [9.17, 15) is 19.8 Å². The predicted octanol–water partition coefficient (Wildman–Crippen LogP) is 15.0. The van der Waals surface area contributed by atoms with Crippen molar-refractivity contribution in [1.29, 1.82) is 0 Å². The highest BCUT2D eigenvalue weighted by atomic mass is 16.5. The number of unbranched alkanes of at least 4 members (excludes halogenated alkanes) is 22. The third kappa shape index (κ3) is 42.0. The lowest BCUT2D eigenvalue weighted by molar-refractivity contribution is -0.148. The molecule has 0 bridgehead atoms. The Morgan fingerprint density at radius 3 is 1.40 bits per heavy atom. The Hall–Kier alpha value is -2.70. The molecule has 60 heavy (non-hydrogen) atoms. The molecule has 0 aliphatic carbocycles. The maximum absolute atomic E-state index is 13.1. The Morgan fingerprint density at radius 2 is 0.933 bits per heavy atom. The van der Waals surface area contributed by atoms with Gasteiger partial charge in [0.15, 0.2) is 0 Å². The third-order valence-electron chi connectivity index (χ3n) is 11.0. The summed E-state index contributed by atoms with van der Waals surface area (Å²) in [6, 6.07) is -0.746. The molecule has 0 aromatic rings. The van der Waals surface area contributed by atoms with Crippen molar-refractivity contribution in [3.8, 4) is 0 Å². The average Bonchev–Trinajstić information content (AvgIpc) is 3.24. The maximum atomic E-state index is 13.1. The van der Waals surface area contributed by atoms with Crippen molar-refractivity contribution in [1.82, 2.24) is 5.32 Å². The number of ether oxygens (including phenoxy) is 1. The van der Waals surface area contributed by atoms with E-state index in [0.717, 1.165) is 77.0 Å². The summed E-state index contributed by atoms with van der Waals surface area (Å²) in [5.41, 5.74) is 0. The first-order valence-electron chi connectivity index (χ1n) is 25.2. The summed E-state index contributed by atoms with van der Waals surface area (Å²) < 4.78 is 5.81. The second-order valence-corrected chi connectivity index (χ2v) is 16.8. The molecule has 3 N–H and O–H groups in total. The minimum Gasteiger partial charge on any atom is -0.458 e. The van der Waals surface area contributed by atoms with E-state index in [1.807, 2.05) is 6.08 Å². The van der Waals surface area contributed by atoms with Gasteiger partial charge in [0, 0.05) is 6.42 Å². The van der Waals surface area contributed by atoms with Gasteiger partial charge in [0.25, 0.3) is 0 Å². The van der Waals surface area contributed by atoms with Crippen molar-refractivity contribution in [2.45, 2.75) is 251 Å². The first-order valence-corrected chi connectivity index (χ1v) is 25.2. The van der Waals surface area contributed by atoms with Crippen molar-refractivity contribution in [2.24, 2.45) is 0 Å². The summed E-state index contributed by atoms with van der Waals surface area (Å²) in [5.74, 6) is -0.649. The minimum atomic E-state index is -0.823. The monoisotopic (exact) mass is 838 g/mol. The summed E-state index contributed by atoms with van der Waals surface area (Å²) in [5, 5.41) is 23.7. The average molecular weight is 838 g/mol. The van der Waals surface area contributed by atoms with Crippen LogP contribution in [0.1, 0.15) is 233 Å².